The van der Waals surface area contributed by atoms with Gasteiger partial charge in [-0.25, -0.2) is 0 Å². The summed E-state index contributed by atoms with van der Waals surface area (Å²) in [6, 6.07) is 4.49. The van der Waals surface area contributed by atoms with Crippen molar-refractivity contribution in [2.24, 2.45) is 0 Å². The molecule has 0 aliphatic rings. The van der Waals surface area contributed by atoms with E-state index in [0.29, 0.717) is 13.1 Å². The maximum atomic E-state index is 12.4. The van der Waals surface area contributed by atoms with Gasteiger partial charge in [-0.05, 0) is 26.0 Å². The van der Waals surface area contributed by atoms with Gasteiger partial charge in [0.05, 0.1) is 18.9 Å². The second-order valence-electron chi connectivity index (χ2n) is 4.44. The molecule has 0 bridgehead atoms. The number of nitriles is 1. The first kappa shape index (κ1) is 17.3. The zero-order valence-corrected chi connectivity index (χ0v) is 12.8. The lowest BCUT2D eigenvalue weighted by molar-refractivity contribution is -0.115. The number of carbonyl (C=O) groups is 2. The second-order valence-corrected chi connectivity index (χ2v) is 4.44. The van der Waals surface area contributed by atoms with Crippen molar-refractivity contribution >= 4 is 17.5 Å². The average Bonchev–Trinajstić information content (AvgIpc) is 2.50. The molecule has 0 aromatic heterocycles. The van der Waals surface area contributed by atoms with Gasteiger partial charge < -0.3 is 20.1 Å². The Bertz CT molecular complexity index is 604. The van der Waals surface area contributed by atoms with Crippen molar-refractivity contribution in [2.45, 2.75) is 20.3 Å². The molecule has 0 aliphatic carbocycles. The Morgan fingerprint density at radius 1 is 1.36 bits per heavy atom. The molecular formula is C15H19N3O4. The Balaban J connectivity index is 3.23. The molecule has 0 atom stereocenters. The smallest absolute Gasteiger partial charge is 0.254 e. The zero-order valence-electron chi connectivity index (χ0n) is 12.8. The Morgan fingerprint density at radius 2 is 2.00 bits per heavy atom. The molecule has 1 aromatic rings. The first-order valence-electron chi connectivity index (χ1n) is 6.85. The number of anilines is 1. The van der Waals surface area contributed by atoms with E-state index in [9.17, 15) is 14.7 Å². The molecule has 1 aromatic carbocycles. The first-order chi connectivity index (χ1) is 10.5. The molecule has 0 radical (unpaired) electrons. The molecule has 2 amide bonds. The number of nitrogens with one attached hydrogen (secondary N) is 1. The molecule has 0 saturated carbocycles. The van der Waals surface area contributed by atoms with Crippen LogP contribution in [-0.4, -0.2) is 42.0 Å². The number of nitrogens with zero attached hydrogens (tertiary/aromatic N) is 2. The molecule has 2 N–H and O–H groups in total. The summed E-state index contributed by atoms with van der Waals surface area (Å²) < 4.78 is 5.03. The number of hydrogen-bond acceptors (Lipinski definition) is 5. The molecule has 7 heteroatoms. The van der Waals surface area contributed by atoms with Gasteiger partial charge >= 0.3 is 0 Å². The molecule has 0 unspecified atom stereocenters. The van der Waals surface area contributed by atoms with Crippen molar-refractivity contribution < 1.29 is 19.4 Å². The Kier molecular flexibility index (Phi) is 6.20. The standard InChI is InChI=1S/C15H19N3O4/c1-4-18(5-2)15(21)10-8-11(17-13(19)6-7-16)14(20)12(9-10)22-3/h8-9,20H,4-6H2,1-3H3,(H,17,19). The minimum absolute atomic E-state index is 0.0371. The van der Waals surface area contributed by atoms with Crippen LogP contribution in [-0.2, 0) is 4.79 Å². The predicted molar refractivity (Wildman–Crippen MR) is 80.8 cm³/mol. The summed E-state index contributed by atoms with van der Waals surface area (Å²) in [6.45, 7) is 4.78. The van der Waals surface area contributed by atoms with Crippen LogP contribution in [0.15, 0.2) is 12.1 Å². The van der Waals surface area contributed by atoms with Crippen molar-refractivity contribution in [3.63, 3.8) is 0 Å². The van der Waals surface area contributed by atoms with Gasteiger partial charge in [-0.3, -0.25) is 9.59 Å². The highest BCUT2D eigenvalue weighted by molar-refractivity contribution is 5.99. The van der Waals surface area contributed by atoms with E-state index in [2.05, 4.69) is 5.32 Å². The van der Waals surface area contributed by atoms with Crippen molar-refractivity contribution in [1.82, 2.24) is 4.90 Å². The van der Waals surface area contributed by atoms with Gasteiger partial charge in [0.15, 0.2) is 11.5 Å². The third kappa shape index (κ3) is 3.88. The third-order valence-electron chi connectivity index (χ3n) is 3.11. The van der Waals surface area contributed by atoms with E-state index in [1.165, 1.54) is 19.2 Å². The van der Waals surface area contributed by atoms with Gasteiger partial charge in [0.1, 0.15) is 6.42 Å². The highest BCUT2D eigenvalue weighted by atomic mass is 16.5. The van der Waals surface area contributed by atoms with Crippen molar-refractivity contribution in [2.75, 3.05) is 25.5 Å². The lowest BCUT2D eigenvalue weighted by atomic mass is 10.1. The number of rotatable bonds is 6. The SMILES string of the molecule is CCN(CC)C(=O)c1cc(NC(=O)CC#N)c(O)c(OC)c1. The molecule has 1 rings (SSSR count). The summed E-state index contributed by atoms with van der Waals surface area (Å²) in [4.78, 5) is 25.5. The fourth-order valence-corrected chi connectivity index (χ4v) is 1.94. The van der Waals surface area contributed by atoms with Crippen molar-refractivity contribution in [1.29, 1.82) is 5.26 Å². The minimum atomic E-state index is -0.577. The average molecular weight is 305 g/mol. The molecule has 7 nitrogen and oxygen atoms in total. The second kappa shape index (κ2) is 7.88. The van der Waals surface area contributed by atoms with Crippen LogP contribution in [0.2, 0.25) is 0 Å². The number of amides is 2. The highest BCUT2D eigenvalue weighted by Gasteiger charge is 2.19. The molecule has 0 saturated heterocycles. The third-order valence-corrected chi connectivity index (χ3v) is 3.11. The number of ether oxygens (including phenoxy) is 1. The largest absolute Gasteiger partial charge is 0.503 e. The van der Waals surface area contributed by atoms with Crippen LogP contribution < -0.4 is 10.1 Å². The van der Waals surface area contributed by atoms with Gasteiger partial charge in [-0.2, -0.15) is 5.26 Å². The molecular weight excluding hydrogens is 286 g/mol. The van der Waals surface area contributed by atoms with E-state index in [1.807, 2.05) is 13.8 Å². The Hall–Kier alpha value is -2.75. The lowest BCUT2D eigenvalue weighted by Gasteiger charge is -2.20. The van der Waals surface area contributed by atoms with E-state index in [0.717, 1.165) is 0 Å². The van der Waals surface area contributed by atoms with E-state index < -0.39 is 5.91 Å². The minimum Gasteiger partial charge on any atom is -0.503 e. The zero-order chi connectivity index (χ0) is 16.7. The lowest BCUT2D eigenvalue weighted by Crippen LogP contribution is -2.30. The number of benzene rings is 1. The van der Waals surface area contributed by atoms with Crippen LogP contribution in [0.3, 0.4) is 0 Å². The summed E-state index contributed by atoms with van der Waals surface area (Å²) >= 11 is 0. The number of phenols is 1. The van der Waals surface area contributed by atoms with Crippen LogP contribution >= 0.6 is 0 Å². The molecule has 118 valence electrons. The molecule has 0 heterocycles. The van der Waals surface area contributed by atoms with Crippen molar-refractivity contribution in [3.8, 4) is 17.6 Å². The summed E-state index contributed by atoms with van der Waals surface area (Å²) in [5.41, 5.74) is 0.320. The summed E-state index contributed by atoms with van der Waals surface area (Å²) in [5.74, 6) is -1.03. The van der Waals surface area contributed by atoms with Crippen LogP contribution in [0, 0.1) is 11.3 Å². The predicted octanol–water partition coefficient (Wildman–Crippen LogP) is 1.73. The van der Waals surface area contributed by atoms with E-state index >= 15 is 0 Å². The fraction of sp³-hybridized carbons (Fsp3) is 0.400. The number of hydrogen-bond donors (Lipinski definition) is 2. The van der Waals surface area contributed by atoms with E-state index in [4.69, 9.17) is 10.00 Å². The summed E-state index contributed by atoms with van der Waals surface area (Å²) in [7, 11) is 1.35. The highest BCUT2D eigenvalue weighted by Crippen LogP contribution is 2.36. The summed E-state index contributed by atoms with van der Waals surface area (Å²) in [6.07, 6.45) is -0.351. The van der Waals surface area contributed by atoms with Crippen LogP contribution in [0.4, 0.5) is 5.69 Å². The van der Waals surface area contributed by atoms with Crippen LogP contribution in [0.1, 0.15) is 30.6 Å². The summed E-state index contributed by atoms with van der Waals surface area (Å²) in [5, 5.41) is 20.9. The number of aromatic hydroxyl groups is 1. The van der Waals surface area contributed by atoms with E-state index in [1.54, 1.807) is 11.0 Å². The quantitative estimate of drug-likeness (QED) is 0.779. The Morgan fingerprint density at radius 3 is 2.50 bits per heavy atom. The van der Waals surface area contributed by atoms with Gasteiger partial charge in [-0.15, -0.1) is 0 Å². The van der Waals surface area contributed by atoms with Gasteiger partial charge in [0.25, 0.3) is 5.91 Å². The number of methoxy groups -OCH3 is 1. The topological polar surface area (TPSA) is 103 Å². The maximum absolute atomic E-state index is 12.4. The van der Waals surface area contributed by atoms with Gasteiger partial charge in [-0.1, -0.05) is 0 Å². The molecule has 22 heavy (non-hydrogen) atoms. The van der Waals surface area contributed by atoms with Crippen LogP contribution in [0.5, 0.6) is 11.5 Å². The Labute approximate surface area is 129 Å². The van der Waals surface area contributed by atoms with Crippen LogP contribution in [0.25, 0.3) is 0 Å². The van der Waals surface area contributed by atoms with E-state index in [-0.39, 0.29) is 35.1 Å². The van der Waals surface area contributed by atoms with Gasteiger partial charge in [0, 0.05) is 18.7 Å². The monoisotopic (exact) mass is 305 g/mol. The molecule has 0 aliphatic heterocycles. The number of phenolic OH excluding ortho intramolecular Hbond substituents is 1. The molecule has 0 fully saturated rings. The van der Waals surface area contributed by atoms with Gasteiger partial charge in [0.2, 0.25) is 5.91 Å². The maximum Gasteiger partial charge on any atom is 0.254 e. The van der Waals surface area contributed by atoms with Crippen molar-refractivity contribution in [3.05, 3.63) is 17.7 Å². The normalized spacial score (nSPS) is 9.73. The molecule has 0 spiro atoms. The fourth-order valence-electron chi connectivity index (χ4n) is 1.94. The first-order valence-corrected chi connectivity index (χ1v) is 6.85. The number of carbonyl (C=O) groups excluding carboxylic acids is 2.